The van der Waals surface area contributed by atoms with Crippen LogP contribution in [0.25, 0.3) is 10.1 Å². The summed E-state index contributed by atoms with van der Waals surface area (Å²) < 4.78 is 1.23. The van der Waals surface area contributed by atoms with E-state index < -0.39 is 0 Å². The molecule has 0 unspecified atom stereocenters. The van der Waals surface area contributed by atoms with Gasteiger partial charge in [0, 0.05) is 11.5 Å². The van der Waals surface area contributed by atoms with Crippen LogP contribution < -0.4 is 0 Å². The van der Waals surface area contributed by atoms with Crippen molar-refractivity contribution >= 4 is 38.7 Å². The summed E-state index contributed by atoms with van der Waals surface area (Å²) in [5, 5.41) is 11.6. The van der Waals surface area contributed by atoms with Crippen LogP contribution in [0.4, 0.5) is 5.69 Å². The Kier molecular flexibility index (Phi) is 2.17. The highest BCUT2D eigenvalue weighted by Gasteiger charge is 2.15. The number of rotatable bonds is 1. The highest BCUT2D eigenvalue weighted by atomic mass is 35.5. The standard InChI is InChI=1S/C9H6ClNO2S/c1-5-2-3-7(11(12)13)9-6(5)4-8(10)14-9/h2-4H,1H3. The SMILES string of the molecule is Cc1ccc([N+](=O)[O-])c2sc(Cl)cc12. The first-order valence-electron chi connectivity index (χ1n) is 3.92. The third-order valence-electron chi connectivity index (χ3n) is 2.05. The second kappa shape index (κ2) is 3.22. The molecule has 1 aromatic carbocycles. The fraction of sp³-hybridized carbons (Fsp3) is 0.111. The zero-order valence-corrected chi connectivity index (χ0v) is 8.85. The van der Waals surface area contributed by atoms with Crippen LogP contribution in [-0.4, -0.2) is 4.92 Å². The molecule has 0 aliphatic carbocycles. The number of benzene rings is 1. The van der Waals surface area contributed by atoms with Crippen LogP contribution in [0.15, 0.2) is 18.2 Å². The number of aryl methyl sites for hydroxylation is 1. The van der Waals surface area contributed by atoms with E-state index in [1.807, 2.05) is 6.92 Å². The summed E-state index contributed by atoms with van der Waals surface area (Å²) in [6.07, 6.45) is 0. The Labute approximate surface area is 89.1 Å². The van der Waals surface area contributed by atoms with Crippen molar-refractivity contribution in [2.75, 3.05) is 0 Å². The lowest BCUT2D eigenvalue weighted by Crippen LogP contribution is -1.87. The van der Waals surface area contributed by atoms with E-state index >= 15 is 0 Å². The highest BCUT2D eigenvalue weighted by Crippen LogP contribution is 2.37. The van der Waals surface area contributed by atoms with Crippen molar-refractivity contribution in [3.05, 3.63) is 38.2 Å². The lowest BCUT2D eigenvalue weighted by Gasteiger charge is -1.96. The van der Waals surface area contributed by atoms with Crippen LogP contribution in [0.2, 0.25) is 4.34 Å². The minimum atomic E-state index is -0.380. The van der Waals surface area contributed by atoms with Crippen molar-refractivity contribution in [1.29, 1.82) is 0 Å². The summed E-state index contributed by atoms with van der Waals surface area (Å²) >= 11 is 7.07. The quantitative estimate of drug-likeness (QED) is 0.550. The van der Waals surface area contributed by atoms with Crippen molar-refractivity contribution in [2.24, 2.45) is 0 Å². The molecule has 14 heavy (non-hydrogen) atoms. The van der Waals surface area contributed by atoms with E-state index in [-0.39, 0.29) is 10.6 Å². The van der Waals surface area contributed by atoms with Crippen molar-refractivity contribution in [3.63, 3.8) is 0 Å². The van der Waals surface area contributed by atoms with Gasteiger partial charge in [-0.25, -0.2) is 0 Å². The first-order valence-corrected chi connectivity index (χ1v) is 5.12. The van der Waals surface area contributed by atoms with Gasteiger partial charge >= 0.3 is 0 Å². The molecule has 0 saturated heterocycles. The molecule has 0 saturated carbocycles. The topological polar surface area (TPSA) is 43.1 Å². The number of halogens is 1. The molecule has 1 aromatic heterocycles. The van der Waals surface area contributed by atoms with Crippen molar-refractivity contribution in [3.8, 4) is 0 Å². The summed E-state index contributed by atoms with van der Waals surface area (Å²) in [5.41, 5.74) is 1.14. The molecular weight excluding hydrogens is 222 g/mol. The van der Waals surface area contributed by atoms with Gasteiger partial charge in [0.05, 0.1) is 9.26 Å². The van der Waals surface area contributed by atoms with Gasteiger partial charge in [-0.15, -0.1) is 11.3 Å². The molecule has 72 valence electrons. The summed E-state index contributed by atoms with van der Waals surface area (Å²) in [6, 6.07) is 5.03. The molecule has 1 heterocycles. The summed E-state index contributed by atoms with van der Waals surface area (Å²) in [4.78, 5) is 10.3. The maximum Gasteiger partial charge on any atom is 0.287 e. The second-order valence-corrected chi connectivity index (χ2v) is 4.64. The fourth-order valence-electron chi connectivity index (χ4n) is 1.36. The molecule has 0 aliphatic rings. The number of hydrogen-bond acceptors (Lipinski definition) is 3. The molecule has 0 N–H and O–H groups in total. The van der Waals surface area contributed by atoms with Gasteiger partial charge in [-0.1, -0.05) is 17.7 Å². The molecule has 0 fully saturated rings. The molecule has 0 amide bonds. The number of non-ortho nitro benzene ring substituents is 1. The number of fused-ring (bicyclic) bond motifs is 1. The Hall–Kier alpha value is -1.13. The van der Waals surface area contributed by atoms with E-state index in [1.54, 1.807) is 12.1 Å². The molecule has 2 rings (SSSR count). The van der Waals surface area contributed by atoms with Crippen molar-refractivity contribution in [1.82, 2.24) is 0 Å². The summed E-state index contributed by atoms with van der Waals surface area (Å²) in [7, 11) is 0. The lowest BCUT2D eigenvalue weighted by molar-refractivity contribution is -0.382. The molecule has 0 bridgehead atoms. The highest BCUT2D eigenvalue weighted by molar-refractivity contribution is 7.23. The Morgan fingerprint density at radius 1 is 1.50 bits per heavy atom. The van der Waals surface area contributed by atoms with Gasteiger partial charge in [0.25, 0.3) is 5.69 Å². The van der Waals surface area contributed by atoms with Crippen LogP contribution >= 0.6 is 22.9 Å². The molecule has 0 spiro atoms. The fourth-order valence-corrected chi connectivity index (χ4v) is 2.65. The average Bonchev–Trinajstić information content (AvgIpc) is 2.47. The average molecular weight is 228 g/mol. The van der Waals surface area contributed by atoms with Gasteiger partial charge in [0.1, 0.15) is 4.70 Å². The number of nitrogens with zero attached hydrogens (tertiary/aromatic N) is 1. The largest absolute Gasteiger partial charge is 0.287 e. The van der Waals surface area contributed by atoms with E-state index in [9.17, 15) is 10.1 Å². The van der Waals surface area contributed by atoms with Gasteiger partial charge in [-0.3, -0.25) is 10.1 Å². The van der Waals surface area contributed by atoms with Crippen molar-refractivity contribution < 1.29 is 4.92 Å². The van der Waals surface area contributed by atoms with Gasteiger partial charge in [-0.2, -0.15) is 0 Å². The number of nitro groups is 1. The zero-order valence-electron chi connectivity index (χ0n) is 7.28. The van der Waals surface area contributed by atoms with Gasteiger partial charge in [0.2, 0.25) is 0 Å². The van der Waals surface area contributed by atoms with E-state index in [0.717, 1.165) is 10.9 Å². The van der Waals surface area contributed by atoms with Crippen LogP contribution in [0, 0.1) is 17.0 Å². The Balaban J connectivity index is 2.87. The number of thiophene rings is 1. The molecule has 3 nitrogen and oxygen atoms in total. The predicted octanol–water partition coefficient (Wildman–Crippen LogP) is 3.77. The van der Waals surface area contributed by atoms with E-state index in [4.69, 9.17) is 11.6 Å². The number of hydrogen-bond donors (Lipinski definition) is 0. The molecule has 0 atom stereocenters. The minimum absolute atomic E-state index is 0.127. The van der Waals surface area contributed by atoms with E-state index in [0.29, 0.717) is 9.04 Å². The Bertz CT molecular complexity index is 521. The minimum Gasteiger partial charge on any atom is -0.258 e. The third-order valence-corrected chi connectivity index (χ3v) is 3.33. The lowest BCUT2D eigenvalue weighted by atomic mass is 10.1. The third kappa shape index (κ3) is 1.36. The maximum absolute atomic E-state index is 10.7. The van der Waals surface area contributed by atoms with Crippen molar-refractivity contribution in [2.45, 2.75) is 6.92 Å². The summed E-state index contributed by atoms with van der Waals surface area (Å²) in [5.74, 6) is 0. The zero-order chi connectivity index (χ0) is 10.3. The second-order valence-electron chi connectivity index (χ2n) is 2.95. The molecular formula is C9H6ClNO2S. The molecule has 0 aliphatic heterocycles. The summed E-state index contributed by atoms with van der Waals surface area (Å²) in [6.45, 7) is 1.91. The van der Waals surface area contributed by atoms with Gasteiger partial charge in [0.15, 0.2) is 0 Å². The van der Waals surface area contributed by atoms with Gasteiger partial charge in [-0.05, 0) is 18.6 Å². The molecule has 0 radical (unpaired) electrons. The Morgan fingerprint density at radius 3 is 2.86 bits per heavy atom. The van der Waals surface area contributed by atoms with E-state index in [2.05, 4.69) is 0 Å². The monoisotopic (exact) mass is 227 g/mol. The van der Waals surface area contributed by atoms with E-state index in [1.165, 1.54) is 17.4 Å². The van der Waals surface area contributed by atoms with Crippen LogP contribution in [0.3, 0.4) is 0 Å². The first kappa shape index (κ1) is 9.43. The number of nitro benzene ring substituents is 1. The first-order chi connectivity index (χ1) is 6.59. The van der Waals surface area contributed by atoms with Crippen LogP contribution in [0.5, 0.6) is 0 Å². The molecule has 2 aromatic rings. The maximum atomic E-state index is 10.7. The molecule has 5 heteroatoms. The Morgan fingerprint density at radius 2 is 2.21 bits per heavy atom. The smallest absolute Gasteiger partial charge is 0.258 e. The normalized spacial score (nSPS) is 10.7. The predicted molar refractivity (Wildman–Crippen MR) is 58.2 cm³/mol. The van der Waals surface area contributed by atoms with Gasteiger partial charge < -0.3 is 0 Å². The van der Waals surface area contributed by atoms with Crippen LogP contribution in [0.1, 0.15) is 5.56 Å². The van der Waals surface area contributed by atoms with Crippen LogP contribution in [-0.2, 0) is 0 Å².